The summed E-state index contributed by atoms with van der Waals surface area (Å²) in [5, 5.41) is 0. The van der Waals surface area contributed by atoms with Crippen molar-refractivity contribution in [3.63, 3.8) is 0 Å². The summed E-state index contributed by atoms with van der Waals surface area (Å²) in [6, 6.07) is 9.04. The van der Waals surface area contributed by atoms with Crippen LogP contribution < -0.4 is 15.2 Å². The molecule has 108 valence electrons. The van der Waals surface area contributed by atoms with Crippen LogP contribution in [-0.2, 0) is 0 Å². The van der Waals surface area contributed by atoms with E-state index in [-0.39, 0.29) is 11.9 Å². The number of rotatable bonds is 3. The number of carbonyl (C=O) groups is 1. The maximum atomic E-state index is 12.2. The lowest BCUT2D eigenvalue weighted by molar-refractivity contribution is 0.0983. The van der Waals surface area contributed by atoms with E-state index in [9.17, 15) is 4.79 Å². The van der Waals surface area contributed by atoms with Crippen molar-refractivity contribution in [2.24, 2.45) is 5.73 Å². The number of amides is 1. The number of ether oxygens (including phenoxy) is 1. The number of hydrogen-bond acceptors (Lipinski definition) is 5. The fourth-order valence-corrected chi connectivity index (χ4v) is 2.71. The van der Waals surface area contributed by atoms with Gasteiger partial charge in [-0.3, -0.25) is 14.5 Å². The number of nitrogens with one attached hydrogen (secondary N) is 1. The van der Waals surface area contributed by atoms with Crippen LogP contribution in [0.5, 0.6) is 5.75 Å². The quantitative estimate of drug-likeness (QED) is 0.851. The summed E-state index contributed by atoms with van der Waals surface area (Å²) in [4.78, 5) is 17.0. The molecule has 1 aliphatic rings. The van der Waals surface area contributed by atoms with E-state index in [2.05, 4.69) is 9.71 Å². The summed E-state index contributed by atoms with van der Waals surface area (Å²) in [6.45, 7) is 0.588. The van der Waals surface area contributed by atoms with Crippen molar-refractivity contribution < 1.29 is 9.53 Å². The summed E-state index contributed by atoms with van der Waals surface area (Å²) in [6.07, 6.45) is 4.17. The van der Waals surface area contributed by atoms with Crippen LogP contribution in [0.15, 0.2) is 47.6 Å². The third-order valence-corrected chi connectivity index (χ3v) is 4.07. The second-order valence-corrected chi connectivity index (χ2v) is 5.59. The van der Waals surface area contributed by atoms with E-state index in [0.29, 0.717) is 17.9 Å². The Morgan fingerprint density at radius 3 is 2.95 bits per heavy atom. The van der Waals surface area contributed by atoms with E-state index >= 15 is 0 Å². The largest absolute Gasteiger partial charge is 0.493 e. The zero-order valence-corrected chi connectivity index (χ0v) is 12.1. The van der Waals surface area contributed by atoms with Crippen molar-refractivity contribution in [1.29, 1.82) is 0 Å². The van der Waals surface area contributed by atoms with Gasteiger partial charge in [0.2, 0.25) is 0 Å². The van der Waals surface area contributed by atoms with E-state index in [0.717, 1.165) is 16.9 Å². The summed E-state index contributed by atoms with van der Waals surface area (Å²) in [5.41, 5.74) is 7.53. The molecule has 0 saturated carbocycles. The minimum Gasteiger partial charge on any atom is -0.493 e. The highest BCUT2D eigenvalue weighted by atomic mass is 32.2. The molecule has 2 aromatic rings. The number of nitrogens with two attached hydrogens (primary N) is 1. The maximum Gasteiger partial charge on any atom is 0.261 e. The van der Waals surface area contributed by atoms with Gasteiger partial charge in [-0.05, 0) is 36.2 Å². The molecule has 6 heteroatoms. The van der Waals surface area contributed by atoms with Gasteiger partial charge in [0.15, 0.2) is 0 Å². The number of benzene rings is 1. The Morgan fingerprint density at radius 1 is 1.33 bits per heavy atom. The molecule has 5 nitrogen and oxygen atoms in total. The van der Waals surface area contributed by atoms with E-state index in [4.69, 9.17) is 10.5 Å². The summed E-state index contributed by atoms with van der Waals surface area (Å²) in [5.74, 6) is 0.540. The molecule has 0 spiro atoms. The van der Waals surface area contributed by atoms with Crippen molar-refractivity contribution in [2.45, 2.75) is 17.4 Å². The Morgan fingerprint density at radius 2 is 2.14 bits per heavy atom. The fourth-order valence-electron chi connectivity index (χ4n) is 2.13. The first-order valence-electron chi connectivity index (χ1n) is 6.63. The minimum absolute atomic E-state index is 0.0166. The van der Waals surface area contributed by atoms with Crippen molar-refractivity contribution in [3.8, 4) is 5.75 Å². The van der Waals surface area contributed by atoms with Crippen LogP contribution in [-0.4, -0.2) is 17.5 Å². The lowest BCUT2D eigenvalue weighted by atomic mass is 9.99. The first-order chi connectivity index (χ1) is 10.2. The molecule has 0 saturated heterocycles. The average molecular weight is 301 g/mol. The molecule has 0 unspecified atom stereocenters. The molecule has 1 atom stereocenters. The topological polar surface area (TPSA) is 77.2 Å². The smallest absolute Gasteiger partial charge is 0.261 e. The molecular weight excluding hydrogens is 286 g/mol. The van der Waals surface area contributed by atoms with Gasteiger partial charge in [-0.1, -0.05) is 6.07 Å². The number of carbonyl (C=O) groups excluding carboxylic acids is 1. The number of pyridine rings is 1. The summed E-state index contributed by atoms with van der Waals surface area (Å²) < 4.78 is 8.37. The Balaban J connectivity index is 1.70. The molecule has 1 aromatic heterocycles. The molecule has 3 rings (SSSR count). The van der Waals surface area contributed by atoms with Crippen molar-refractivity contribution in [3.05, 3.63) is 53.9 Å². The Bertz CT molecular complexity index is 649. The third-order valence-electron chi connectivity index (χ3n) is 3.27. The van der Waals surface area contributed by atoms with Gasteiger partial charge >= 0.3 is 0 Å². The predicted octanol–water partition coefficient (Wildman–Crippen LogP) is 2.30. The second-order valence-electron chi connectivity index (χ2n) is 4.71. The summed E-state index contributed by atoms with van der Waals surface area (Å²) >= 11 is 1.26. The van der Waals surface area contributed by atoms with Crippen molar-refractivity contribution in [2.75, 3.05) is 6.61 Å². The van der Waals surface area contributed by atoms with Crippen LogP contribution in [0, 0.1) is 0 Å². The van der Waals surface area contributed by atoms with E-state index in [1.54, 1.807) is 24.5 Å². The molecule has 3 N–H and O–H groups in total. The normalized spacial score (nSPS) is 16.7. The van der Waals surface area contributed by atoms with Crippen LogP contribution in [0.2, 0.25) is 0 Å². The highest BCUT2D eigenvalue weighted by molar-refractivity contribution is 7.98. The van der Waals surface area contributed by atoms with Crippen molar-refractivity contribution in [1.82, 2.24) is 9.71 Å². The molecule has 1 aliphatic heterocycles. The lowest BCUT2D eigenvalue weighted by Gasteiger charge is -2.23. The standard InChI is InChI=1S/C15H15N3O2S/c16-13-5-8-20-14-9-10(1-2-12(13)14)15(19)18-21-11-3-6-17-7-4-11/h1-4,6-7,9,13H,5,8,16H2,(H,18,19)/t13-/m1/s1. The van der Waals surface area contributed by atoms with Gasteiger partial charge in [-0.25, -0.2) is 0 Å². The van der Waals surface area contributed by atoms with E-state index < -0.39 is 0 Å². The number of aromatic nitrogens is 1. The second kappa shape index (κ2) is 6.15. The van der Waals surface area contributed by atoms with Crippen LogP contribution in [0.4, 0.5) is 0 Å². The zero-order valence-electron chi connectivity index (χ0n) is 11.3. The molecule has 0 aliphatic carbocycles. The highest BCUT2D eigenvalue weighted by Gasteiger charge is 2.19. The van der Waals surface area contributed by atoms with Gasteiger partial charge in [-0.15, -0.1) is 0 Å². The maximum absolute atomic E-state index is 12.2. The van der Waals surface area contributed by atoms with Gasteiger partial charge < -0.3 is 10.5 Å². The van der Waals surface area contributed by atoms with Gasteiger partial charge in [0.25, 0.3) is 5.91 Å². The molecule has 1 amide bonds. The van der Waals surface area contributed by atoms with Gasteiger partial charge in [-0.2, -0.15) is 0 Å². The lowest BCUT2D eigenvalue weighted by Crippen LogP contribution is -2.22. The Labute approximate surface area is 127 Å². The first kappa shape index (κ1) is 13.9. The average Bonchev–Trinajstić information content (AvgIpc) is 2.53. The van der Waals surface area contributed by atoms with Crippen LogP contribution >= 0.6 is 11.9 Å². The fraction of sp³-hybridized carbons (Fsp3) is 0.200. The first-order valence-corrected chi connectivity index (χ1v) is 7.45. The number of hydrogen-bond donors (Lipinski definition) is 2. The predicted molar refractivity (Wildman–Crippen MR) is 81.0 cm³/mol. The van der Waals surface area contributed by atoms with Gasteiger partial charge in [0.1, 0.15) is 5.75 Å². The number of fused-ring (bicyclic) bond motifs is 1. The third kappa shape index (κ3) is 3.17. The molecule has 0 radical (unpaired) electrons. The summed E-state index contributed by atoms with van der Waals surface area (Å²) in [7, 11) is 0. The SMILES string of the molecule is N[C@@H]1CCOc2cc(C(=O)NSc3ccncc3)ccc21. The minimum atomic E-state index is -0.164. The number of nitrogens with zero attached hydrogens (tertiary/aromatic N) is 1. The van der Waals surface area contributed by atoms with Crippen LogP contribution in [0.3, 0.4) is 0 Å². The molecular formula is C15H15N3O2S. The molecule has 2 heterocycles. The highest BCUT2D eigenvalue weighted by Crippen LogP contribution is 2.31. The van der Waals surface area contributed by atoms with Gasteiger partial charge in [0, 0.05) is 40.9 Å². The van der Waals surface area contributed by atoms with Gasteiger partial charge in [0.05, 0.1) is 6.61 Å². The molecule has 1 aromatic carbocycles. The zero-order chi connectivity index (χ0) is 14.7. The van der Waals surface area contributed by atoms with E-state index in [1.165, 1.54) is 11.9 Å². The Hall–Kier alpha value is -2.05. The van der Waals surface area contributed by atoms with Crippen LogP contribution in [0.25, 0.3) is 0 Å². The monoisotopic (exact) mass is 301 g/mol. The molecule has 0 bridgehead atoms. The van der Waals surface area contributed by atoms with E-state index in [1.807, 2.05) is 18.2 Å². The molecule has 0 fully saturated rings. The van der Waals surface area contributed by atoms with Crippen molar-refractivity contribution >= 4 is 17.9 Å². The molecule has 21 heavy (non-hydrogen) atoms. The van der Waals surface area contributed by atoms with Crippen LogP contribution in [0.1, 0.15) is 28.4 Å². The Kier molecular flexibility index (Phi) is 4.08.